The van der Waals surface area contributed by atoms with Crippen molar-refractivity contribution in [1.29, 1.82) is 0 Å². The van der Waals surface area contributed by atoms with Gasteiger partial charge in [0.25, 0.3) is 0 Å². The predicted molar refractivity (Wildman–Crippen MR) is 133 cm³/mol. The molecule has 0 saturated heterocycles. The fourth-order valence-electron chi connectivity index (χ4n) is 3.09. The molecule has 0 unspecified atom stereocenters. The summed E-state index contributed by atoms with van der Waals surface area (Å²) in [5.41, 5.74) is 9.39. The van der Waals surface area contributed by atoms with Gasteiger partial charge in [0.2, 0.25) is 0 Å². The van der Waals surface area contributed by atoms with Gasteiger partial charge in [0, 0.05) is 21.6 Å². The number of rotatable bonds is 1. The number of aromatic nitrogens is 1. The molecule has 0 atom stereocenters. The minimum atomic E-state index is -0.250. The van der Waals surface area contributed by atoms with Crippen molar-refractivity contribution in [2.75, 3.05) is 0 Å². The zero-order chi connectivity index (χ0) is 19.3. The Hall–Kier alpha value is -1.26. The fourth-order valence-corrected chi connectivity index (χ4v) is 3.09. The van der Waals surface area contributed by atoms with E-state index in [1.54, 1.807) is 0 Å². The summed E-state index contributed by atoms with van der Waals surface area (Å²) in [4.78, 5) is 0. The van der Waals surface area contributed by atoms with E-state index >= 15 is 0 Å². The molecule has 4 heteroatoms. The first kappa shape index (κ1) is 29.9. The maximum atomic E-state index is 6.94. The molecule has 1 heterocycles. The van der Waals surface area contributed by atoms with Gasteiger partial charge in [0.05, 0.1) is 0 Å². The molecule has 29 heavy (non-hydrogen) atoms. The molecule has 154 valence electrons. The van der Waals surface area contributed by atoms with Gasteiger partial charge in [-0.3, -0.25) is 0 Å². The maximum Gasteiger partial charge on any atom is 4.00 e. The molecule has 3 aromatic carbocycles. The molecular weight excluding hydrogens is 404 g/mol. The zero-order valence-corrected chi connectivity index (χ0v) is 21.9. The molecule has 2 nitrogen and oxygen atoms in total. The number of hydrogen-bond donors (Lipinski definition) is 0. The van der Waals surface area contributed by atoms with E-state index in [2.05, 4.69) is 79.2 Å². The molecule has 0 saturated carbocycles. The summed E-state index contributed by atoms with van der Waals surface area (Å²) in [6, 6.07) is 19.7. The number of benzene rings is 2. The third-order valence-corrected chi connectivity index (χ3v) is 3.85. The number of hydrogen-bond acceptors (Lipinski definition) is 0. The van der Waals surface area contributed by atoms with E-state index < -0.39 is 0 Å². The molecule has 0 aliphatic carbocycles. The van der Waals surface area contributed by atoms with E-state index in [1.807, 2.05) is 20.8 Å². The smallest absolute Gasteiger partial charge is 0.673 e. The molecule has 1 aromatic heterocycles. The number of aryl methyl sites for hydroxylation is 1. The van der Waals surface area contributed by atoms with Crippen molar-refractivity contribution in [3.63, 3.8) is 0 Å². The first-order valence-electron chi connectivity index (χ1n) is 9.20. The zero-order valence-electron chi connectivity index (χ0n) is 19.4. The summed E-state index contributed by atoms with van der Waals surface area (Å²) in [5.74, 6) is 0. The van der Waals surface area contributed by atoms with Gasteiger partial charge in [-0.15, -0.1) is 40.6 Å². The standard InChI is InChI=1S/C17H14N.C4H10N.C2H6Si.2CH3.Ti/c1-2-18-15-10-6-5-9-14(15)17-13-8-4-3-7-12(13)11-16(17)18;1-4(2,3)5;1-3-2;;;/h3-11H,2H2,1H3;5H,1-3H3;1-2H3;2*1H3;/q2*-1;;2*-1;+4. The summed E-state index contributed by atoms with van der Waals surface area (Å²) in [6.45, 7) is 13.1. The summed E-state index contributed by atoms with van der Waals surface area (Å²) in [5, 5.41) is 5.49. The van der Waals surface area contributed by atoms with Gasteiger partial charge < -0.3 is 25.2 Å². The Balaban J connectivity index is 0. The Bertz CT molecular complexity index is 971. The third kappa shape index (κ3) is 7.49. The van der Waals surface area contributed by atoms with Crippen LogP contribution in [0, 0.1) is 14.9 Å². The topological polar surface area (TPSA) is 28.7 Å². The van der Waals surface area contributed by atoms with Crippen molar-refractivity contribution >= 4 is 42.1 Å². The monoisotopic (exact) mass is 440 g/mol. The number of nitrogens with zero attached hydrogens (tertiary/aromatic N) is 1. The summed E-state index contributed by atoms with van der Waals surface area (Å²) < 4.78 is 2.41. The molecule has 0 fully saturated rings. The van der Waals surface area contributed by atoms with E-state index in [0.717, 1.165) is 16.1 Å². The van der Waals surface area contributed by atoms with Gasteiger partial charge in [0.1, 0.15) is 0 Å². The molecule has 0 bridgehead atoms. The number of para-hydroxylation sites is 1. The first-order valence-corrected chi connectivity index (χ1v) is 11.2. The third-order valence-electron chi connectivity index (χ3n) is 3.85. The molecule has 0 aliphatic heterocycles. The summed E-state index contributed by atoms with van der Waals surface area (Å²) in [6.07, 6.45) is 0. The first-order chi connectivity index (χ1) is 12.3. The average Bonchev–Trinajstić information content (AvgIpc) is 3.08. The van der Waals surface area contributed by atoms with Gasteiger partial charge in [-0.05, 0) is 23.9 Å². The maximum absolute atomic E-state index is 6.94. The van der Waals surface area contributed by atoms with E-state index in [0.29, 0.717) is 0 Å². The Morgan fingerprint density at radius 3 is 1.90 bits per heavy atom. The molecule has 1 N–H and O–H groups in total. The van der Waals surface area contributed by atoms with Crippen molar-refractivity contribution < 1.29 is 21.7 Å². The Labute approximate surface area is 195 Å². The van der Waals surface area contributed by atoms with Gasteiger partial charge in [-0.25, -0.2) is 0 Å². The second-order valence-electron chi connectivity index (χ2n) is 7.50. The Kier molecular flexibility index (Phi) is 13.6. The van der Waals surface area contributed by atoms with E-state index in [9.17, 15) is 0 Å². The van der Waals surface area contributed by atoms with Crippen molar-refractivity contribution in [3.8, 4) is 0 Å². The van der Waals surface area contributed by atoms with Crippen LogP contribution in [0.5, 0.6) is 0 Å². The Morgan fingerprint density at radius 1 is 0.931 bits per heavy atom. The SMILES string of the molecule is CC(C)(C)[NH-].CCn1c2ccccc2c2c3ccccc3[cH-]c21.C[Si]C.[CH3-].[CH3-].[Ti+4]. The molecule has 4 rings (SSSR count). The molecule has 0 aliphatic rings. The van der Waals surface area contributed by atoms with Crippen LogP contribution in [-0.2, 0) is 28.3 Å². The van der Waals surface area contributed by atoms with Crippen LogP contribution in [0.25, 0.3) is 38.3 Å². The van der Waals surface area contributed by atoms with Crippen LogP contribution in [0.2, 0.25) is 13.1 Å². The predicted octanol–water partition coefficient (Wildman–Crippen LogP) is 8.21. The van der Waals surface area contributed by atoms with Crippen molar-refractivity contribution in [2.24, 2.45) is 0 Å². The van der Waals surface area contributed by atoms with Crippen LogP contribution in [0.3, 0.4) is 0 Å². The molecule has 2 radical (unpaired) electrons. The number of nitrogens with one attached hydrogen (secondary N) is 1. The molecule has 4 aromatic rings. The van der Waals surface area contributed by atoms with Gasteiger partial charge in [-0.1, -0.05) is 63.5 Å². The van der Waals surface area contributed by atoms with E-state index in [4.69, 9.17) is 5.73 Å². The minimum Gasteiger partial charge on any atom is -0.673 e. The molecule has 0 spiro atoms. The van der Waals surface area contributed by atoms with Crippen molar-refractivity contribution in [2.45, 2.75) is 52.9 Å². The van der Waals surface area contributed by atoms with Crippen molar-refractivity contribution in [3.05, 3.63) is 75.2 Å². The summed E-state index contributed by atoms with van der Waals surface area (Å²) >= 11 is 0. The van der Waals surface area contributed by atoms with E-state index in [-0.39, 0.29) is 42.1 Å². The number of fused-ring (bicyclic) bond motifs is 5. The van der Waals surface area contributed by atoms with Gasteiger partial charge >= 0.3 is 21.7 Å². The second kappa shape index (κ2) is 13.1. The van der Waals surface area contributed by atoms with Crippen LogP contribution >= 0.6 is 0 Å². The van der Waals surface area contributed by atoms with Crippen LogP contribution in [0.15, 0.2) is 54.6 Å². The van der Waals surface area contributed by atoms with Gasteiger partial charge in [0.15, 0.2) is 0 Å². The van der Waals surface area contributed by atoms with E-state index in [1.165, 1.54) is 32.6 Å². The quantitative estimate of drug-likeness (QED) is 0.211. The second-order valence-corrected chi connectivity index (χ2v) is 8.50. The largest absolute Gasteiger partial charge is 4.00 e. The van der Waals surface area contributed by atoms with Crippen LogP contribution in [-0.4, -0.2) is 19.6 Å². The van der Waals surface area contributed by atoms with Crippen LogP contribution < -0.4 is 0 Å². The minimum absolute atomic E-state index is 0. The van der Waals surface area contributed by atoms with Gasteiger partial charge in [-0.2, -0.15) is 0 Å². The van der Waals surface area contributed by atoms with Crippen LogP contribution in [0.4, 0.5) is 0 Å². The summed E-state index contributed by atoms with van der Waals surface area (Å²) in [7, 11) is 1.08. The molecule has 0 amide bonds. The molecular formula is C25H36N2SiTi. The average molecular weight is 441 g/mol. The van der Waals surface area contributed by atoms with Crippen molar-refractivity contribution in [1.82, 2.24) is 4.57 Å². The fraction of sp³-hybridized carbons (Fsp3) is 0.320. The Morgan fingerprint density at radius 2 is 1.38 bits per heavy atom. The van der Waals surface area contributed by atoms with Crippen LogP contribution in [0.1, 0.15) is 27.7 Å². The normalized spacial score (nSPS) is 10.0.